The smallest absolute Gasteiger partial charge is 0.276 e. The van der Waals surface area contributed by atoms with Gasteiger partial charge in [-0.25, -0.2) is 0 Å². The van der Waals surface area contributed by atoms with Crippen LogP contribution in [0, 0.1) is 0 Å². The van der Waals surface area contributed by atoms with E-state index in [9.17, 15) is 4.79 Å². The van der Waals surface area contributed by atoms with Gasteiger partial charge < -0.3 is 15.5 Å². The van der Waals surface area contributed by atoms with Crippen molar-refractivity contribution in [3.05, 3.63) is 11.4 Å². The molecule has 0 aromatic carbocycles. The number of carbonyl (C=O) groups excluding carboxylic acids is 1. The number of anilines is 1. The first-order valence-electron chi connectivity index (χ1n) is 7.01. The highest BCUT2D eigenvalue weighted by Gasteiger charge is 2.25. The zero-order valence-corrected chi connectivity index (χ0v) is 11.8. The minimum Gasteiger partial charge on any atom is -0.395 e. The Balaban J connectivity index is 2.04. The third-order valence-corrected chi connectivity index (χ3v) is 3.69. The molecule has 1 aliphatic rings. The molecule has 2 rings (SSSR count). The average Bonchev–Trinajstić information content (AvgIpc) is 2.80. The number of aromatic amines is 1. The molecule has 0 saturated carbocycles. The van der Waals surface area contributed by atoms with Gasteiger partial charge in [0.15, 0.2) is 5.69 Å². The van der Waals surface area contributed by atoms with Crippen molar-refractivity contribution in [2.75, 3.05) is 38.5 Å². The number of aryl methyl sites for hydroxylation is 1. The normalized spacial score (nSPS) is 16.8. The van der Waals surface area contributed by atoms with Crippen LogP contribution in [0.25, 0.3) is 0 Å². The number of piperazine rings is 1. The molecule has 106 valence electrons. The van der Waals surface area contributed by atoms with Crippen LogP contribution >= 0.6 is 0 Å². The minimum absolute atomic E-state index is 0.0492. The third kappa shape index (κ3) is 2.89. The Morgan fingerprint density at radius 1 is 1.32 bits per heavy atom. The predicted molar refractivity (Wildman–Crippen MR) is 75.0 cm³/mol. The topological polar surface area (TPSA) is 78.2 Å². The molecular weight excluding hydrogens is 242 g/mol. The van der Waals surface area contributed by atoms with Gasteiger partial charge in [0.1, 0.15) is 0 Å². The molecule has 0 unspecified atom stereocenters. The molecule has 1 aromatic rings. The molecule has 19 heavy (non-hydrogen) atoms. The lowest BCUT2D eigenvalue weighted by Gasteiger charge is -2.33. The first kappa shape index (κ1) is 13.9. The highest BCUT2D eigenvalue weighted by molar-refractivity contribution is 5.97. The Morgan fingerprint density at radius 3 is 2.58 bits per heavy atom. The highest BCUT2D eigenvalue weighted by atomic mass is 16.2. The SMILES string of the molecule is CCCc1[nH]nc(C(=O)N2CCN(CC)CC2)c1N. The summed E-state index contributed by atoms with van der Waals surface area (Å²) in [5.74, 6) is -0.0492. The van der Waals surface area contributed by atoms with E-state index in [2.05, 4.69) is 28.9 Å². The Hall–Kier alpha value is -1.56. The number of amides is 1. The largest absolute Gasteiger partial charge is 0.395 e. The Bertz CT molecular complexity index is 434. The summed E-state index contributed by atoms with van der Waals surface area (Å²) in [6, 6.07) is 0. The summed E-state index contributed by atoms with van der Waals surface area (Å²) in [4.78, 5) is 16.6. The van der Waals surface area contributed by atoms with Gasteiger partial charge in [0.05, 0.1) is 11.4 Å². The maximum absolute atomic E-state index is 12.4. The number of hydrogen-bond donors (Lipinski definition) is 2. The van der Waals surface area contributed by atoms with Crippen molar-refractivity contribution in [2.45, 2.75) is 26.7 Å². The van der Waals surface area contributed by atoms with Gasteiger partial charge in [0, 0.05) is 26.2 Å². The fourth-order valence-corrected chi connectivity index (χ4v) is 2.41. The maximum atomic E-state index is 12.4. The van der Waals surface area contributed by atoms with Crippen molar-refractivity contribution in [3.63, 3.8) is 0 Å². The van der Waals surface area contributed by atoms with Crippen molar-refractivity contribution in [3.8, 4) is 0 Å². The molecule has 2 heterocycles. The van der Waals surface area contributed by atoms with Crippen molar-refractivity contribution in [1.82, 2.24) is 20.0 Å². The number of carbonyl (C=O) groups is 1. The van der Waals surface area contributed by atoms with E-state index < -0.39 is 0 Å². The lowest BCUT2D eigenvalue weighted by molar-refractivity contribution is 0.0638. The van der Waals surface area contributed by atoms with Crippen LogP contribution in [-0.4, -0.2) is 58.6 Å². The van der Waals surface area contributed by atoms with Crippen molar-refractivity contribution < 1.29 is 4.79 Å². The number of aromatic nitrogens is 2. The number of nitrogens with zero attached hydrogens (tertiary/aromatic N) is 3. The van der Waals surface area contributed by atoms with Gasteiger partial charge >= 0.3 is 0 Å². The van der Waals surface area contributed by atoms with Crippen molar-refractivity contribution in [1.29, 1.82) is 0 Å². The van der Waals surface area contributed by atoms with Crippen molar-refractivity contribution >= 4 is 11.6 Å². The van der Waals surface area contributed by atoms with E-state index in [0.29, 0.717) is 11.4 Å². The summed E-state index contributed by atoms with van der Waals surface area (Å²) in [6.07, 6.45) is 1.81. The van der Waals surface area contributed by atoms with E-state index in [1.807, 2.05) is 4.90 Å². The fraction of sp³-hybridized carbons (Fsp3) is 0.692. The molecule has 1 aliphatic heterocycles. The van der Waals surface area contributed by atoms with Gasteiger partial charge in [0.25, 0.3) is 5.91 Å². The van der Waals surface area contributed by atoms with Crippen molar-refractivity contribution in [2.24, 2.45) is 0 Å². The quantitative estimate of drug-likeness (QED) is 0.841. The molecule has 1 saturated heterocycles. The molecule has 0 atom stereocenters. The lowest BCUT2D eigenvalue weighted by atomic mass is 10.2. The summed E-state index contributed by atoms with van der Waals surface area (Å²) in [5.41, 5.74) is 7.77. The Labute approximate surface area is 113 Å². The molecule has 3 N–H and O–H groups in total. The van der Waals surface area contributed by atoms with Gasteiger partial charge in [-0.2, -0.15) is 5.10 Å². The van der Waals surface area contributed by atoms with Gasteiger partial charge in [-0.05, 0) is 13.0 Å². The number of nitrogens with one attached hydrogen (secondary N) is 1. The van der Waals surface area contributed by atoms with Crippen LogP contribution in [0.5, 0.6) is 0 Å². The highest BCUT2D eigenvalue weighted by Crippen LogP contribution is 2.18. The summed E-state index contributed by atoms with van der Waals surface area (Å²) in [5, 5.41) is 6.98. The van der Waals surface area contributed by atoms with Gasteiger partial charge in [0.2, 0.25) is 0 Å². The fourth-order valence-electron chi connectivity index (χ4n) is 2.41. The Morgan fingerprint density at radius 2 is 2.00 bits per heavy atom. The molecule has 0 radical (unpaired) electrons. The summed E-state index contributed by atoms with van der Waals surface area (Å²) in [7, 11) is 0. The molecule has 1 amide bonds. The summed E-state index contributed by atoms with van der Waals surface area (Å²) < 4.78 is 0. The van der Waals surface area contributed by atoms with E-state index in [1.165, 1.54) is 0 Å². The zero-order valence-electron chi connectivity index (χ0n) is 11.8. The molecule has 0 aliphatic carbocycles. The van der Waals surface area contributed by atoms with Gasteiger partial charge in [-0.3, -0.25) is 9.89 Å². The number of rotatable bonds is 4. The molecule has 6 heteroatoms. The van der Waals surface area contributed by atoms with Crippen LogP contribution in [0.3, 0.4) is 0 Å². The molecule has 0 spiro atoms. The molecule has 1 fully saturated rings. The second-order valence-corrected chi connectivity index (χ2v) is 4.94. The Kier molecular flexibility index (Phi) is 4.42. The molecular formula is C13H23N5O. The summed E-state index contributed by atoms with van der Waals surface area (Å²) >= 11 is 0. The minimum atomic E-state index is -0.0492. The maximum Gasteiger partial charge on any atom is 0.276 e. The van der Waals surface area contributed by atoms with E-state index >= 15 is 0 Å². The van der Waals surface area contributed by atoms with Crippen LogP contribution in [0.1, 0.15) is 36.5 Å². The average molecular weight is 265 g/mol. The van der Waals surface area contributed by atoms with Crippen LogP contribution in [0.15, 0.2) is 0 Å². The molecule has 0 bridgehead atoms. The second-order valence-electron chi connectivity index (χ2n) is 4.94. The monoisotopic (exact) mass is 265 g/mol. The number of nitrogens with two attached hydrogens (primary N) is 1. The van der Waals surface area contributed by atoms with Gasteiger partial charge in [-0.1, -0.05) is 20.3 Å². The van der Waals surface area contributed by atoms with E-state index in [1.54, 1.807) is 0 Å². The molecule has 1 aromatic heterocycles. The lowest BCUT2D eigenvalue weighted by Crippen LogP contribution is -2.48. The van der Waals surface area contributed by atoms with Crippen LogP contribution in [0.2, 0.25) is 0 Å². The number of hydrogen-bond acceptors (Lipinski definition) is 4. The molecule has 6 nitrogen and oxygen atoms in total. The number of H-pyrrole nitrogens is 1. The first-order valence-corrected chi connectivity index (χ1v) is 7.01. The second kappa shape index (κ2) is 6.06. The van der Waals surface area contributed by atoms with Crippen LogP contribution in [0.4, 0.5) is 5.69 Å². The van der Waals surface area contributed by atoms with Crippen LogP contribution < -0.4 is 5.73 Å². The number of likely N-dealkylation sites (N-methyl/N-ethyl adjacent to an activating group) is 1. The van der Waals surface area contributed by atoms with E-state index in [0.717, 1.165) is 51.3 Å². The number of nitrogen functional groups attached to an aromatic ring is 1. The van der Waals surface area contributed by atoms with Gasteiger partial charge in [-0.15, -0.1) is 0 Å². The first-order chi connectivity index (χ1) is 9.17. The van der Waals surface area contributed by atoms with E-state index in [-0.39, 0.29) is 5.91 Å². The predicted octanol–water partition coefficient (Wildman–Crippen LogP) is 0.722. The standard InChI is InChI=1S/C13H23N5O/c1-3-5-10-11(14)12(16-15-10)13(19)18-8-6-17(4-2)7-9-18/h3-9,14H2,1-2H3,(H,15,16). The van der Waals surface area contributed by atoms with Crippen LogP contribution in [-0.2, 0) is 6.42 Å². The zero-order chi connectivity index (χ0) is 13.8. The third-order valence-electron chi connectivity index (χ3n) is 3.69. The van der Waals surface area contributed by atoms with E-state index in [4.69, 9.17) is 5.73 Å². The summed E-state index contributed by atoms with van der Waals surface area (Å²) in [6.45, 7) is 8.60.